The summed E-state index contributed by atoms with van der Waals surface area (Å²) < 4.78 is 37.5. The van der Waals surface area contributed by atoms with Crippen molar-refractivity contribution >= 4 is 34.8 Å². The highest BCUT2D eigenvalue weighted by Gasteiger charge is 2.38. The van der Waals surface area contributed by atoms with Crippen LogP contribution in [0.2, 0.25) is 0 Å². The quantitative estimate of drug-likeness (QED) is 0.619. The lowest BCUT2D eigenvalue weighted by atomic mass is 10.1. The van der Waals surface area contributed by atoms with E-state index in [2.05, 4.69) is 25.1 Å². The maximum Gasteiger partial charge on any atom is 0.490 e. The third-order valence-corrected chi connectivity index (χ3v) is 3.31. The van der Waals surface area contributed by atoms with Crippen molar-refractivity contribution in [3.8, 4) is 0 Å². The highest BCUT2D eigenvalue weighted by molar-refractivity contribution is 5.82. The Morgan fingerprint density at radius 2 is 1.69 bits per heavy atom. The molecular formula is C19H16F3NO3. The summed E-state index contributed by atoms with van der Waals surface area (Å²) in [5.41, 5.74) is 9.67. The molecule has 0 amide bonds. The van der Waals surface area contributed by atoms with Gasteiger partial charge in [0.25, 0.3) is 0 Å². The molecule has 3 aromatic rings. The van der Waals surface area contributed by atoms with Gasteiger partial charge in [-0.05, 0) is 48.4 Å². The van der Waals surface area contributed by atoms with Crippen LogP contribution in [-0.4, -0.2) is 17.3 Å². The lowest BCUT2D eigenvalue weighted by Gasteiger charge is -1.93. The molecule has 1 aromatic heterocycles. The van der Waals surface area contributed by atoms with E-state index in [0.717, 1.165) is 28.0 Å². The summed E-state index contributed by atoms with van der Waals surface area (Å²) in [5.74, 6) is -1.90. The van der Waals surface area contributed by atoms with E-state index in [1.54, 1.807) is 0 Å². The first kappa shape index (κ1) is 19.1. The van der Waals surface area contributed by atoms with Gasteiger partial charge in [-0.15, -0.1) is 0 Å². The topological polar surface area (TPSA) is 76.5 Å². The molecular weight excluding hydrogens is 347 g/mol. The maximum atomic E-state index is 10.6. The van der Waals surface area contributed by atoms with Crippen LogP contribution in [0, 0.1) is 6.92 Å². The molecule has 2 aromatic carbocycles. The normalized spacial score (nSPS) is 11.4. The zero-order valence-electron chi connectivity index (χ0n) is 13.7. The summed E-state index contributed by atoms with van der Waals surface area (Å²) in [7, 11) is 0. The van der Waals surface area contributed by atoms with Gasteiger partial charge in [0.2, 0.25) is 0 Å². The molecule has 0 saturated carbocycles. The van der Waals surface area contributed by atoms with E-state index < -0.39 is 12.1 Å². The summed E-state index contributed by atoms with van der Waals surface area (Å²) in [4.78, 5) is 8.90. The molecule has 0 saturated heterocycles. The molecule has 3 rings (SSSR count). The highest BCUT2D eigenvalue weighted by atomic mass is 19.4. The van der Waals surface area contributed by atoms with Crippen LogP contribution >= 0.6 is 0 Å². The van der Waals surface area contributed by atoms with E-state index in [1.807, 2.05) is 42.5 Å². The standard InChI is InChI=1S/C17H15NO.C2HF3O2/c1-12-2-6-14-11-16(19-17(14)10-12)9-5-13-3-7-15(18)8-4-13;3-2(4,5)1(6)7/h2-11H,18H2,1H3;(H,6,7). The molecule has 0 aliphatic heterocycles. The number of rotatable bonds is 2. The maximum absolute atomic E-state index is 10.6. The van der Waals surface area contributed by atoms with E-state index in [9.17, 15) is 13.2 Å². The fraction of sp³-hybridized carbons (Fsp3) is 0.105. The summed E-state index contributed by atoms with van der Waals surface area (Å²) in [5, 5.41) is 8.25. The number of nitrogen functional groups attached to an aromatic ring is 1. The number of anilines is 1. The van der Waals surface area contributed by atoms with Gasteiger partial charge < -0.3 is 15.3 Å². The Morgan fingerprint density at radius 1 is 1.08 bits per heavy atom. The van der Waals surface area contributed by atoms with Crippen LogP contribution in [0.4, 0.5) is 18.9 Å². The first-order valence-corrected chi connectivity index (χ1v) is 7.49. The second kappa shape index (κ2) is 7.77. The molecule has 0 unspecified atom stereocenters. The number of benzene rings is 2. The second-order valence-corrected chi connectivity index (χ2v) is 5.49. The number of furan rings is 1. The van der Waals surface area contributed by atoms with Crippen molar-refractivity contribution in [2.45, 2.75) is 13.1 Å². The molecule has 7 heteroatoms. The third kappa shape index (κ3) is 5.41. The predicted octanol–water partition coefficient (Wildman–Crippen LogP) is 5.13. The van der Waals surface area contributed by atoms with Crippen LogP contribution in [0.25, 0.3) is 23.1 Å². The molecule has 0 aliphatic rings. The lowest BCUT2D eigenvalue weighted by molar-refractivity contribution is -0.192. The minimum atomic E-state index is -5.08. The van der Waals surface area contributed by atoms with Crippen LogP contribution in [0.3, 0.4) is 0 Å². The van der Waals surface area contributed by atoms with Crippen molar-refractivity contribution in [3.05, 3.63) is 65.4 Å². The molecule has 136 valence electrons. The Morgan fingerprint density at radius 3 is 2.27 bits per heavy atom. The van der Waals surface area contributed by atoms with Crippen molar-refractivity contribution in [2.75, 3.05) is 5.73 Å². The number of aliphatic carboxylic acids is 1. The Hall–Kier alpha value is -3.22. The molecule has 0 atom stereocenters. The summed E-state index contributed by atoms with van der Waals surface area (Å²) in [6.45, 7) is 2.06. The van der Waals surface area contributed by atoms with E-state index in [0.29, 0.717) is 0 Å². The molecule has 0 bridgehead atoms. The van der Waals surface area contributed by atoms with Crippen LogP contribution in [-0.2, 0) is 4.79 Å². The molecule has 0 spiro atoms. The average molecular weight is 363 g/mol. The van der Waals surface area contributed by atoms with E-state index in [-0.39, 0.29) is 0 Å². The average Bonchev–Trinajstić information content (AvgIpc) is 2.96. The molecule has 1 heterocycles. The van der Waals surface area contributed by atoms with Crippen molar-refractivity contribution in [3.63, 3.8) is 0 Å². The number of fused-ring (bicyclic) bond motifs is 1. The minimum Gasteiger partial charge on any atom is -0.475 e. The number of carboxylic acids is 1. The molecule has 3 N–H and O–H groups in total. The van der Waals surface area contributed by atoms with Gasteiger partial charge in [-0.25, -0.2) is 4.79 Å². The fourth-order valence-corrected chi connectivity index (χ4v) is 2.03. The van der Waals surface area contributed by atoms with Crippen LogP contribution in [0.5, 0.6) is 0 Å². The monoisotopic (exact) mass is 363 g/mol. The summed E-state index contributed by atoms with van der Waals surface area (Å²) >= 11 is 0. The molecule has 0 radical (unpaired) electrons. The first-order valence-electron chi connectivity index (χ1n) is 7.49. The van der Waals surface area contributed by atoms with Crippen molar-refractivity contribution in [1.82, 2.24) is 0 Å². The van der Waals surface area contributed by atoms with Gasteiger partial charge in [-0.1, -0.05) is 30.3 Å². The number of aryl methyl sites for hydroxylation is 1. The number of carbonyl (C=O) groups is 1. The second-order valence-electron chi connectivity index (χ2n) is 5.49. The Kier molecular flexibility index (Phi) is 5.71. The number of hydrogen-bond acceptors (Lipinski definition) is 3. The molecule has 0 aliphatic carbocycles. The van der Waals surface area contributed by atoms with Crippen LogP contribution in [0.1, 0.15) is 16.9 Å². The van der Waals surface area contributed by atoms with Crippen molar-refractivity contribution < 1.29 is 27.5 Å². The van der Waals surface area contributed by atoms with Crippen LogP contribution < -0.4 is 5.73 Å². The Labute approximate surface area is 147 Å². The van der Waals surface area contributed by atoms with Gasteiger partial charge in [0.05, 0.1) is 0 Å². The third-order valence-electron chi connectivity index (χ3n) is 3.31. The molecule has 26 heavy (non-hydrogen) atoms. The molecule has 0 fully saturated rings. The fourth-order valence-electron chi connectivity index (χ4n) is 2.03. The number of nitrogens with two attached hydrogens (primary N) is 1. The lowest BCUT2D eigenvalue weighted by Crippen LogP contribution is -2.21. The van der Waals surface area contributed by atoms with E-state index in [4.69, 9.17) is 20.1 Å². The SMILES string of the molecule is Cc1ccc2cc(C=Cc3ccc(N)cc3)oc2c1.O=C(O)C(F)(F)F. The smallest absolute Gasteiger partial charge is 0.475 e. The van der Waals surface area contributed by atoms with Gasteiger partial charge in [0.15, 0.2) is 0 Å². The summed E-state index contributed by atoms with van der Waals surface area (Å²) in [6, 6.07) is 16.0. The molecule has 4 nitrogen and oxygen atoms in total. The summed E-state index contributed by atoms with van der Waals surface area (Å²) in [6.07, 6.45) is -1.09. The van der Waals surface area contributed by atoms with Crippen molar-refractivity contribution in [1.29, 1.82) is 0 Å². The number of hydrogen-bond donors (Lipinski definition) is 2. The van der Waals surface area contributed by atoms with Gasteiger partial charge in [-0.2, -0.15) is 13.2 Å². The van der Waals surface area contributed by atoms with E-state index >= 15 is 0 Å². The minimum absolute atomic E-state index is 0.774. The van der Waals surface area contributed by atoms with Gasteiger partial charge >= 0.3 is 12.1 Å². The Bertz CT molecular complexity index is 925. The largest absolute Gasteiger partial charge is 0.490 e. The highest BCUT2D eigenvalue weighted by Crippen LogP contribution is 2.22. The number of alkyl halides is 3. The predicted molar refractivity (Wildman–Crippen MR) is 94.4 cm³/mol. The van der Waals surface area contributed by atoms with Gasteiger partial charge in [-0.3, -0.25) is 0 Å². The van der Waals surface area contributed by atoms with Crippen LogP contribution in [0.15, 0.2) is 52.9 Å². The zero-order valence-corrected chi connectivity index (χ0v) is 13.7. The van der Waals surface area contributed by atoms with E-state index in [1.165, 1.54) is 5.56 Å². The van der Waals surface area contributed by atoms with Gasteiger partial charge in [0, 0.05) is 11.1 Å². The van der Waals surface area contributed by atoms with Crippen molar-refractivity contribution in [2.24, 2.45) is 0 Å². The zero-order chi connectivity index (χ0) is 19.3. The Balaban J connectivity index is 0.000000298. The first-order chi connectivity index (χ1) is 12.1. The number of halogens is 3. The number of carboxylic acid groups (broad SMARTS) is 1. The van der Waals surface area contributed by atoms with Gasteiger partial charge in [0.1, 0.15) is 11.3 Å².